The molecule has 2 N–H and O–H groups in total. The molecule has 2 aromatic rings. The van der Waals surface area contributed by atoms with Crippen molar-refractivity contribution in [3.8, 4) is 11.5 Å². The number of benzene rings is 2. The minimum absolute atomic E-state index is 0.0923. The van der Waals surface area contributed by atoms with Gasteiger partial charge in [-0.2, -0.15) is 0 Å². The highest BCUT2D eigenvalue weighted by Crippen LogP contribution is 2.30. The Morgan fingerprint density at radius 1 is 1.00 bits per heavy atom. The Hall–Kier alpha value is -2.27. The van der Waals surface area contributed by atoms with Gasteiger partial charge in [-0.05, 0) is 60.5 Å². The largest absolute Gasteiger partial charge is 0.493 e. The summed E-state index contributed by atoms with van der Waals surface area (Å²) in [5.41, 5.74) is 3.39. The number of thiocarbonyl (C=S) groups is 1. The van der Waals surface area contributed by atoms with E-state index in [1.165, 1.54) is 5.56 Å². The number of hydrogen-bond donors (Lipinski definition) is 2. The second-order valence-electron chi connectivity index (χ2n) is 5.72. The molecule has 5 heteroatoms. The molecule has 0 saturated heterocycles. The lowest BCUT2D eigenvalue weighted by Crippen LogP contribution is -2.32. The summed E-state index contributed by atoms with van der Waals surface area (Å²) in [5.74, 6) is 1.44. The summed E-state index contributed by atoms with van der Waals surface area (Å²) in [4.78, 5) is 0. The van der Waals surface area contributed by atoms with Gasteiger partial charge in [0.1, 0.15) is 0 Å². The molecule has 1 atom stereocenters. The maximum atomic E-state index is 5.47. The molecule has 134 valence electrons. The zero-order valence-electron chi connectivity index (χ0n) is 15.3. The number of anilines is 1. The van der Waals surface area contributed by atoms with Gasteiger partial charge in [-0.15, -0.1) is 0 Å². The predicted octanol–water partition coefficient (Wildman–Crippen LogP) is 4.70. The molecule has 2 rings (SSSR count). The van der Waals surface area contributed by atoms with E-state index in [-0.39, 0.29) is 6.04 Å². The van der Waals surface area contributed by atoms with E-state index in [1.54, 1.807) is 14.2 Å². The average molecular weight is 359 g/mol. The Kier molecular flexibility index (Phi) is 7.07. The van der Waals surface area contributed by atoms with Gasteiger partial charge in [0.05, 0.1) is 20.3 Å². The summed E-state index contributed by atoms with van der Waals surface area (Å²) in [7, 11) is 3.28. The van der Waals surface area contributed by atoms with Crippen LogP contribution in [0.1, 0.15) is 37.4 Å². The van der Waals surface area contributed by atoms with Crippen molar-refractivity contribution in [1.82, 2.24) is 5.32 Å². The van der Waals surface area contributed by atoms with Crippen LogP contribution in [0.2, 0.25) is 0 Å². The number of nitrogens with one attached hydrogen (secondary N) is 2. The highest BCUT2D eigenvalue weighted by molar-refractivity contribution is 7.80. The minimum atomic E-state index is 0.0923. The standard InChI is InChI=1S/C20H26N2O2S/c1-5-14-7-10-16(11-8-14)21-20(25)22-17(6-2)15-9-12-18(23-3)19(13-15)24-4/h7-13,17H,5-6H2,1-4H3,(H2,21,22,25)/t17-/m0/s1. The van der Waals surface area contributed by atoms with Crippen molar-refractivity contribution in [2.24, 2.45) is 0 Å². The van der Waals surface area contributed by atoms with Crippen LogP contribution in [0.5, 0.6) is 11.5 Å². The zero-order chi connectivity index (χ0) is 18.2. The molecule has 0 radical (unpaired) electrons. The Morgan fingerprint density at radius 3 is 2.24 bits per heavy atom. The Balaban J connectivity index is 2.06. The van der Waals surface area contributed by atoms with Gasteiger partial charge in [-0.3, -0.25) is 0 Å². The molecule has 0 heterocycles. The first-order chi connectivity index (χ1) is 12.1. The highest BCUT2D eigenvalue weighted by atomic mass is 32.1. The Labute approximate surface area is 155 Å². The fourth-order valence-electron chi connectivity index (χ4n) is 2.64. The van der Waals surface area contributed by atoms with Crippen LogP contribution in [-0.4, -0.2) is 19.3 Å². The molecule has 0 aliphatic rings. The SMILES string of the molecule is CCc1ccc(NC(=S)N[C@@H](CC)c2ccc(OC)c(OC)c2)cc1. The maximum absolute atomic E-state index is 5.47. The van der Waals surface area contributed by atoms with Crippen molar-refractivity contribution in [2.45, 2.75) is 32.7 Å². The fourth-order valence-corrected chi connectivity index (χ4v) is 2.90. The first-order valence-corrected chi connectivity index (χ1v) is 8.90. The number of methoxy groups -OCH3 is 2. The monoisotopic (exact) mass is 358 g/mol. The lowest BCUT2D eigenvalue weighted by atomic mass is 10.0. The molecular weight excluding hydrogens is 332 g/mol. The molecule has 4 nitrogen and oxygen atoms in total. The van der Waals surface area contributed by atoms with Crippen LogP contribution in [0.3, 0.4) is 0 Å². The predicted molar refractivity (Wildman–Crippen MR) is 108 cm³/mol. The van der Waals surface area contributed by atoms with Crippen molar-refractivity contribution in [1.29, 1.82) is 0 Å². The molecule has 0 amide bonds. The van der Waals surface area contributed by atoms with Crippen LogP contribution in [0.4, 0.5) is 5.69 Å². The van der Waals surface area contributed by atoms with E-state index < -0.39 is 0 Å². The van der Waals surface area contributed by atoms with Crippen molar-refractivity contribution in [2.75, 3.05) is 19.5 Å². The molecule has 0 aromatic heterocycles. The third-order valence-electron chi connectivity index (χ3n) is 4.14. The van der Waals surface area contributed by atoms with Gasteiger partial charge >= 0.3 is 0 Å². The topological polar surface area (TPSA) is 42.5 Å². The maximum Gasteiger partial charge on any atom is 0.171 e. The molecule has 25 heavy (non-hydrogen) atoms. The number of aryl methyl sites for hydroxylation is 1. The quantitative estimate of drug-likeness (QED) is 0.702. The van der Waals surface area contributed by atoms with Gasteiger partial charge in [-0.1, -0.05) is 32.0 Å². The van der Waals surface area contributed by atoms with Crippen LogP contribution >= 0.6 is 12.2 Å². The lowest BCUT2D eigenvalue weighted by Gasteiger charge is -2.21. The van der Waals surface area contributed by atoms with Crippen LogP contribution in [0.15, 0.2) is 42.5 Å². The average Bonchev–Trinajstić information content (AvgIpc) is 2.66. The van der Waals surface area contributed by atoms with Gasteiger partial charge in [0, 0.05) is 5.69 Å². The molecule has 2 aromatic carbocycles. The molecule has 0 bridgehead atoms. The van der Waals surface area contributed by atoms with Gasteiger partial charge < -0.3 is 20.1 Å². The molecule has 0 aliphatic heterocycles. The highest BCUT2D eigenvalue weighted by Gasteiger charge is 2.14. The normalized spacial score (nSPS) is 11.5. The molecule has 0 unspecified atom stereocenters. The molecule has 0 aliphatic carbocycles. The second kappa shape index (κ2) is 9.28. The van der Waals surface area contributed by atoms with E-state index in [4.69, 9.17) is 21.7 Å². The molecule has 0 fully saturated rings. The zero-order valence-corrected chi connectivity index (χ0v) is 16.1. The van der Waals surface area contributed by atoms with Crippen LogP contribution in [0.25, 0.3) is 0 Å². The van der Waals surface area contributed by atoms with Crippen molar-refractivity contribution < 1.29 is 9.47 Å². The van der Waals surface area contributed by atoms with E-state index in [0.717, 1.165) is 29.8 Å². The smallest absolute Gasteiger partial charge is 0.171 e. The summed E-state index contributed by atoms with van der Waals surface area (Å²) in [6.45, 7) is 4.26. The van der Waals surface area contributed by atoms with Crippen molar-refractivity contribution in [3.05, 3.63) is 53.6 Å². The summed E-state index contributed by atoms with van der Waals surface area (Å²) < 4.78 is 10.7. The van der Waals surface area contributed by atoms with Crippen LogP contribution < -0.4 is 20.1 Å². The third-order valence-corrected chi connectivity index (χ3v) is 4.36. The van der Waals surface area contributed by atoms with E-state index in [9.17, 15) is 0 Å². The summed E-state index contributed by atoms with van der Waals surface area (Å²) in [5, 5.41) is 7.22. The first-order valence-electron chi connectivity index (χ1n) is 8.49. The lowest BCUT2D eigenvalue weighted by molar-refractivity contribution is 0.354. The third kappa shape index (κ3) is 5.10. The van der Waals surface area contributed by atoms with E-state index in [1.807, 2.05) is 30.3 Å². The Bertz CT molecular complexity index is 701. The van der Waals surface area contributed by atoms with Crippen LogP contribution in [0, 0.1) is 0 Å². The Morgan fingerprint density at radius 2 is 1.68 bits per heavy atom. The van der Waals surface area contributed by atoms with E-state index in [2.05, 4.69) is 36.6 Å². The second-order valence-corrected chi connectivity index (χ2v) is 6.13. The summed E-state index contributed by atoms with van der Waals surface area (Å²) in [6, 6.07) is 14.3. The van der Waals surface area contributed by atoms with Gasteiger partial charge in [0.2, 0.25) is 0 Å². The van der Waals surface area contributed by atoms with Gasteiger partial charge in [0.15, 0.2) is 16.6 Å². The van der Waals surface area contributed by atoms with Gasteiger partial charge in [0.25, 0.3) is 0 Å². The number of ether oxygens (including phenoxy) is 2. The van der Waals surface area contributed by atoms with Crippen molar-refractivity contribution >= 4 is 23.0 Å². The molecular formula is C20H26N2O2S. The van der Waals surface area contributed by atoms with Gasteiger partial charge in [-0.25, -0.2) is 0 Å². The van der Waals surface area contributed by atoms with Crippen molar-refractivity contribution in [3.63, 3.8) is 0 Å². The van der Waals surface area contributed by atoms with E-state index in [0.29, 0.717) is 10.9 Å². The van der Waals surface area contributed by atoms with E-state index >= 15 is 0 Å². The summed E-state index contributed by atoms with van der Waals surface area (Å²) in [6.07, 6.45) is 1.92. The summed E-state index contributed by atoms with van der Waals surface area (Å²) >= 11 is 5.47. The minimum Gasteiger partial charge on any atom is -0.493 e. The number of hydrogen-bond acceptors (Lipinski definition) is 3. The first kappa shape index (κ1) is 19.1. The molecule has 0 spiro atoms. The van der Waals surface area contributed by atoms with Crippen LogP contribution in [-0.2, 0) is 6.42 Å². The number of rotatable bonds is 7. The fraction of sp³-hybridized carbons (Fsp3) is 0.350. The molecule has 0 saturated carbocycles.